The van der Waals surface area contributed by atoms with E-state index < -0.39 is 21.9 Å². The average Bonchev–Trinajstić information content (AvgIpc) is 2.60. The van der Waals surface area contributed by atoms with Crippen molar-refractivity contribution in [3.8, 4) is 0 Å². The number of sulfonamides is 1. The van der Waals surface area contributed by atoms with Crippen LogP contribution in [-0.2, 0) is 21.4 Å². The lowest BCUT2D eigenvalue weighted by Gasteiger charge is -2.14. The summed E-state index contributed by atoms with van der Waals surface area (Å²) in [5, 5.41) is 0. The maximum absolute atomic E-state index is 12.3. The molecule has 2 rings (SSSR count). The van der Waals surface area contributed by atoms with E-state index >= 15 is 0 Å². The Hall–Kier alpha value is -2.23. The number of benzene rings is 2. The molecule has 9 heteroatoms. The molecular weight excluding hydrogens is 424 g/mol. The van der Waals surface area contributed by atoms with Crippen LogP contribution in [0.3, 0.4) is 0 Å². The van der Waals surface area contributed by atoms with Gasteiger partial charge in [0.2, 0.25) is 15.9 Å². The Balaban J connectivity index is 2.16. The molecule has 0 saturated carbocycles. The summed E-state index contributed by atoms with van der Waals surface area (Å²) >= 11 is 3.18. The number of halogens is 1. The number of primary amides is 1. The molecule has 0 aromatic heterocycles. The number of hydrogen-bond donors (Lipinski definition) is 1. The Morgan fingerprint density at radius 1 is 1.08 bits per heavy atom. The van der Waals surface area contributed by atoms with Crippen LogP contribution in [0.25, 0.3) is 0 Å². The van der Waals surface area contributed by atoms with E-state index in [1.165, 1.54) is 44.4 Å². The highest BCUT2D eigenvalue weighted by molar-refractivity contribution is 9.10. The number of nitrogens with two attached hydrogens (primary N) is 1. The third kappa shape index (κ3) is 4.48. The first kappa shape index (κ1) is 20.1. The van der Waals surface area contributed by atoms with Crippen LogP contribution in [0.15, 0.2) is 51.8 Å². The molecule has 0 radical (unpaired) electrons. The van der Waals surface area contributed by atoms with Gasteiger partial charge in [-0.3, -0.25) is 4.79 Å². The van der Waals surface area contributed by atoms with Crippen LogP contribution >= 0.6 is 15.9 Å². The largest absolute Gasteiger partial charge is 0.457 e. The average molecular weight is 441 g/mol. The minimum Gasteiger partial charge on any atom is -0.457 e. The predicted octanol–water partition coefficient (Wildman–Crippen LogP) is 2.16. The molecule has 26 heavy (non-hydrogen) atoms. The molecule has 0 bridgehead atoms. The van der Waals surface area contributed by atoms with Crippen molar-refractivity contribution in [2.75, 3.05) is 14.1 Å². The van der Waals surface area contributed by atoms with Gasteiger partial charge in [0.1, 0.15) is 6.61 Å². The van der Waals surface area contributed by atoms with E-state index in [0.717, 1.165) is 4.31 Å². The first-order chi connectivity index (χ1) is 12.1. The van der Waals surface area contributed by atoms with E-state index in [9.17, 15) is 18.0 Å². The quantitative estimate of drug-likeness (QED) is 0.692. The molecule has 0 saturated heterocycles. The van der Waals surface area contributed by atoms with E-state index in [2.05, 4.69) is 15.9 Å². The maximum Gasteiger partial charge on any atom is 0.338 e. The molecule has 0 aliphatic carbocycles. The third-order valence-corrected chi connectivity index (χ3v) is 6.34. The van der Waals surface area contributed by atoms with E-state index in [0.29, 0.717) is 15.6 Å². The van der Waals surface area contributed by atoms with Gasteiger partial charge in [-0.25, -0.2) is 17.5 Å². The van der Waals surface area contributed by atoms with Crippen molar-refractivity contribution in [3.63, 3.8) is 0 Å². The lowest BCUT2D eigenvalue weighted by Crippen LogP contribution is -2.23. The van der Waals surface area contributed by atoms with Crippen LogP contribution in [0.2, 0.25) is 0 Å². The molecule has 1 amide bonds. The van der Waals surface area contributed by atoms with Gasteiger partial charge in [0.25, 0.3) is 0 Å². The van der Waals surface area contributed by atoms with Crippen molar-refractivity contribution in [1.82, 2.24) is 4.31 Å². The fraction of sp³-hybridized carbons (Fsp3) is 0.176. The molecule has 2 aromatic carbocycles. The van der Waals surface area contributed by atoms with Crippen molar-refractivity contribution < 1.29 is 22.7 Å². The normalized spacial score (nSPS) is 11.4. The Labute approximate surface area is 159 Å². The van der Waals surface area contributed by atoms with Crippen molar-refractivity contribution in [1.29, 1.82) is 0 Å². The number of amides is 1. The highest BCUT2D eigenvalue weighted by atomic mass is 79.9. The summed E-state index contributed by atoms with van der Waals surface area (Å²) in [7, 11) is -0.898. The molecule has 0 fully saturated rings. The molecule has 0 unspecified atom stereocenters. The number of hydrogen-bond acceptors (Lipinski definition) is 5. The van der Waals surface area contributed by atoms with Crippen LogP contribution < -0.4 is 5.73 Å². The summed E-state index contributed by atoms with van der Waals surface area (Å²) in [6, 6.07) is 10.5. The van der Waals surface area contributed by atoms with Gasteiger partial charge in [-0.1, -0.05) is 12.1 Å². The summed E-state index contributed by atoms with van der Waals surface area (Å²) in [6.45, 7) is -0.0241. The number of nitrogens with zero attached hydrogens (tertiary/aromatic N) is 1. The number of ether oxygens (including phenoxy) is 1. The Kier molecular flexibility index (Phi) is 6.17. The zero-order valence-electron chi connectivity index (χ0n) is 14.1. The standard InChI is InChI=1S/C17H17BrN2O5S/c1-20(2)26(23,24)15-9-13(7-8-14(15)18)17(22)25-10-11-3-5-12(6-4-11)16(19)21/h3-9H,10H2,1-2H3,(H2,19,21). The van der Waals surface area contributed by atoms with Crippen molar-refractivity contribution >= 4 is 37.8 Å². The number of carbonyl (C=O) groups excluding carboxylic acids is 2. The van der Waals surface area contributed by atoms with Gasteiger partial charge >= 0.3 is 5.97 Å². The summed E-state index contributed by atoms with van der Waals surface area (Å²) in [6.07, 6.45) is 0. The van der Waals surface area contributed by atoms with E-state index in [1.54, 1.807) is 12.1 Å². The number of esters is 1. The SMILES string of the molecule is CN(C)S(=O)(=O)c1cc(C(=O)OCc2ccc(C(N)=O)cc2)ccc1Br. The molecule has 0 atom stereocenters. The topological polar surface area (TPSA) is 107 Å². The second-order valence-electron chi connectivity index (χ2n) is 5.57. The lowest BCUT2D eigenvalue weighted by molar-refractivity contribution is 0.0472. The van der Waals surface area contributed by atoms with Gasteiger partial charge in [0.05, 0.1) is 10.5 Å². The molecule has 2 N–H and O–H groups in total. The zero-order chi connectivity index (χ0) is 19.5. The maximum atomic E-state index is 12.3. The molecule has 0 spiro atoms. The first-order valence-corrected chi connectivity index (χ1v) is 9.64. The Morgan fingerprint density at radius 3 is 2.19 bits per heavy atom. The van der Waals surface area contributed by atoms with Gasteiger partial charge in [0.15, 0.2) is 0 Å². The van der Waals surface area contributed by atoms with Gasteiger partial charge in [-0.15, -0.1) is 0 Å². The molecule has 0 heterocycles. The Morgan fingerprint density at radius 2 is 1.65 bits per heavy atom. The van der Waals surface area contributed by atoms with Gasteiger partial charge in [-0.05, 0) is 51.8 Å². The summed E-state index contributed by atoms with van der Waals surface area (Å²) < 4.78 is 31.2. The van der Waals surface area contributed by atoms with Crippen molar-refractivity contribution in [2.24, 2.45) is 5.73 Å². The second kappa shape index (κ2) is 7.98. The van der Waals surface area contributed by atoms with Crippen LogP contribution in [0.4, 0.5) is 0 Å². The van der Waals surface area contributed by atoms with Crippen molar-refractivity contribution in [2.45, 2.75) is 11.5 Å². The molecule has 0 aliphatic heterocycles. The van der Waals surface area contributed by atoms with Crippen LogP contribution in [0.1, 0.15) is 26.3 Å². The highest BCUT2D eigenvalue weighted by Crippen LogP contribution is 2.25. The Bertz CT molecular complexity index is 940. The molecule has 138 valence electrons. The molecule has 2 aromatic rings. The van der Waals surface area contributed by atoms with E-state index in [1.807, 2.05) is 0 Å². The predicted molar refractivity (Wildman–Crippen MR) is 99.1 cm³/mol. The fourth-order valence-corrected chi connectivity index (χ4v) is 3.87. The third-order valence-electron chi connectivity index (χ3n) is 3.53. The van der Waals surface area contributed by atoms with Crippen LogP contribution in [-0.4, -0.2) is 38.7 Å². The number of rotatable bonds is 6. The number of carbonyl (C=O) groups is 2. The van der Waals surface area contributed by atoms with Crippen molar-refractivity contribution in [3.05, 3.63) is 63.6 Å². The monoisotopic (exact) mass is 440 g/mol. The summed E-state index contributed by atoms with van der Waals surface area (Å²) in [5.41, 5.74) is 6.30. The van der Waals surface area contributed by atoms with Crippen LogP contribution in [0, 0.1) is 0 Å². The van der Waals surface area contributed by atoms with Gasteiger partial charge in [-0.2, -0.15) is 0 Å². The van der Waals surface area contributed by atoms with Crippen LogP contribution in [0.5, 0.6) is 0 Å². The zero-order valence-corrected chi connectivity index (χ0v) is 16.5. The van der Waals surface area contributed by atoms with Gasteiger partial charge < -0.3 is 10.5 Å². The first-order valence-electron chi connectivity index (χ1n) is 7.41. The minimum atomic E-state index is -3.71. The minimum absolute atomic E-state index is 0.0241. The van der Waals surface area contributed by atoms with E-state index in [-0.39, 0.29) is 17.1 Å². The molecule has 0 aliphatic rings. The summed E-state index contributed by atoms with van der Waals surface area (Å²) in [5.74, 6) is -1.20. The summed E-state index contributed by atoms with van der Waals surface area (Å²) in [4.78, 5) is 23.2. The highest BCUT2D eigenvalue weighted by Gasteiger charge is 2.22. The smallest absolute Gasteiger partial charge is 0.338 e. The molecule has 7 nitrogen and oxygen atoms in total. The second-order valence-corrected chi connectivity index (χ2v) is 8.54. The van der Waals surface area contributed by atoms with Gasteiger partial charge in [0, 0.05) is 24.1 Å². The fourth-order valence-electron chi connectivity index (χ4n) is 2.02. The van der Waals surface area contributed by atoms with E-state index in [4.69, 9.17) is 10.5 Å². The molecular formula is C17H17BrN2O5S. The lowest BCUT2D eigenvalue weighted by atomic mass is 10.1.